The van der Waals surface area contributed by atoms with Gasteiger partial charge in [-0.15, -0.1) is 0 Å². The molecule has 0 radical (unpaired) electrons. The van der Waals surface area contributed by atoms with Crippen LogP contribution in [0, 0.1) is 0 Å². The highest BCUT2D eigenvalue weighted by Gasteiger charge is 2.12. The van der Waals surface area contributed by atoms with Crippen molar-refractivity contribution in [1.82, 2.24) is 4.98 Å². The second-order valence-electron chi connectivity index (χ2n) is 4.35. The van der Waals surface area contributed by atoms with E-state index in [2.05, 4.69) is 15.0 Å². The van der Waals surface area contributed by atoms with Gasteiger partial charge in [-0.3, -0.25) is 4.79 Å². The van der Waals surface area contributed by atoms with Crippen LogP contribution in [0.2, 0.25) is 0 Å². The Balaban J connectivity index is 2.68. The fourth-order valence-corrected chi connectivity index (χ4v) is 1.47. The SMILES string of the molecule is COC(=O)CC(C)Nc1cccnc1OC(C)C. The average molecular weight is 252 g/mol. The van der Waals surface area contributed by atoms with Crippen LogP contribution in [0.4, 0.5) is 5.69 Å². The summed E-state index contributed by atoms with van der Waals surface area (Å²) in [5.74, 6) is 0.300. The summed E-state index contributed by atoms with van der Waals surface area (Å²) in [6.45, 7) is 5.79. The first-order valence-electron chi connectivity index (χ1n) is 5.98. The largest absolute Gasteiger partial charge is 0.473 e. The first kappa shape index (κ1) is 14.3. The Labute approximate surface area is 108 Å². The minimum absolute atomic E-state index is 0.0452. The summed E-state index contributed by atoms with van der Waals surface area (Å²) in [6.07, 6.45) is 2.02. The van der Waals surface area contributed by atoms with E-state index in [1.165, 1.54) is 7.11 Å². The van der Waals surface area contributed by atoms with Crippen molar-refractivity contribution < 1.29 is 14.3 Å². The number of rotatable bonds is 6. The lowest BCUT2D eigenvalue weighted by Crippen LogP contribution is -2.21. The maximum absolute atomic E-state index is 11.2. The van der Waals surface area contributed by atoms with Crippen molar-refractivity contribution in [2.75, 3.05) is 12.4 Å². The number of methoxy groups -OCH3 is 1. The summed E-state index contributed by atoms with van der Waals surface area (Å²) in [6, 6.07) is 3.65. The smallest absolute Gasteiger partial charge is 0.307 e. The lowest BCUT2D eigenvalue weighted by molar-refractivity contribution is -0.140. The molecule has 5 nitrogen and oxygen atoms in total. The van der Waals surface area contributed by atoms with Gasteiger partial charge in [0.1, 0.15) is 0 Å². The van der Waals surface area contributed by atoms with Crippen LogP contribution in [0.25, 0.3) is 0 Å². The maximum Gasteiger partial charge on any atom is 0.307 e. The maximum atomic E-state index is 11.2. The molecule has 0 spiro atoms. The predicted molar refractivity (Wildman–Crippen MR) is 69.7 cm³/mol. The normalized spacial score (nSPS) is 12.1. The summed E-state index contributed by atoms with van der Waals surface area (Å²) in [5.41, 5.74) is 0.780. The number of carbonyl (C=O) groups excluding carboxylic acids is 1. The topological polar surface area (TPSA) is 60.5 Å². The number of hydrogen-bond donors (Lipinski definition) is 1. The number of esters is 1. The third-order valence-corrected chi connectivity index (χ3v) is 2.22. The van der Waals surface area contributed by atoms with Gasteiger partial charge in [0, 0.05) is 12.2 Å². The highest BCUT2D eigenvalue weighted by Crippen LogP contribution is 2.22. The molecule has 1 aromatic rings. The number of ether oxygens (including phenoxy) is 2. The molecule has 0 bridgehead atoms. The molecule has 0 aliphatic carbocycles. The van der Waals surface area contributed by atoms with Gasteiger partial charge >= 0.3 is 5.97 Å². The molecule has 18 heavy (non-hydrogen) atoms. The molecule has 1 heterocycles. The lowest BCUT2D eigenvalue weighted by atomic mass is 10.2. The summed E-state index contributed by atoms with van der Waals surface area (Å²) >= 11 is 0. The van der Waals surface area contributed by atoms with Crippen molar-refractivity contribution in [3.05, 3.63) is 18.3 Å². The zero-order valence-corrected chi connectivity index (χ0v) is 11.3. The van der Waals surface area contributed by atoms with Gasteiger partial charge < -0.3 is 14.8 Å². The van der Waals surface area contributed by atoms with Gasteiger partial charge in [-0.25, -0.2) is 4.98 Å². The number of nitrogens with zero attached hydrogens (tertiary/aromatic N) is 1. The van der Waals surface area contributed by atoms with E-state index in [9.17, 15) is 4.79 Å². The van der Waals surface area contributed by atoms with Crippen molar-refractivity contribution in [3.8, 4) is 5.88 Å². The van der Waals surface area contributed by atoms with E-state index in [0.29, 0.717) is 12.3 Å². The molecule has 0 aromatic carbocycles. The Kier molecular flexibility index (Phi) is 5.42. The molecule has 0 saturated carbocycles. The van der Waals surface area contributed by atoms with Crippen LogP contribution in [0.1, 0.15) is 27.2 Å². The van der Waals surface area contributed by atoms with E-state index < -0.39 is 0 Å². The van der Waals surface area contributed by atoms with E-state index in [0.717, 1.165) is 5.69 Å². The molecule has 5 heteroatoms. The van der Waals surface area contributed by atoms with Crippen LogP contribution in [0.15, 0.2) is 18.3 Å². The fraction of sp³-hybridized carbons (Fsp3) is 0.538. The predicted octanol–water partition coefficient (Wildman–Crippen LogP) is 2.23. The monoisotopic (exact) mass is 252 g/mol. The first-order chi connectivity index (χ1) is 8.52. The van der Waals surface area contributed by atoms with Gasteiger partial charge in [0.2, 0.25) is 5.88 Å². The second kappa shape index (κ2) is 6.83. The molecule has 0 aliphatic rings. The van der Waals surface area contributed by atoms with Gasteiger partial charge in [-0.1, -0.05) is 0 Å². The highest BCUT2D eigenvalue weighted by atomic mass is 16.5. The van der Waals surface area contributed by atoms with Gasteiger partial charge in [-0.2, -0.15) is 0 Å². The third kappa shape index (κ3) is 4.61. The molecule has 0 aliphatic heterocycles. The van der Waals surface area contributed by atoms with Gasteiger partial charge in [0.05, 0.1) is 25.3 Å². The second-order valence-corrected chi connectivity index (χ2v) is 4.35. The number of anilines is 1. The van der Waals surface area contributed by atoms with Crippen LogP contribution >= 0.6 is 0 Å². The highest BCUT2D eigenvalue weighted by molar-refractivity contribution is 5.70. The molecule has 0 fully saturated rings. The Bertz CT molecular complexity index is 394. The van der Waals surface area contributed by atoms with E-state index in [4.69, 9.17) is 4.74 Å². The number of hydrogen-bond acceptors (Lipinski definition) is 5. The molecule has 1 rings (SSSR count). The molecule has 1 atom stereocenters. The quantitative estimate of drug-likeness (QED) is 0.787. The zero-order chi connectivity index (χ0) is 13.5. The third-order valence-electron chi connectivity index (χ3n) is 2.22. The number of nitrogens with one attached hydrogen (secondary N) is 1. The minimum atomic E-state index is -0.245. The molecule has 100 valence electrons. The van der Waals surface area contributed by atoms with E-state index in [1.54, 1.807) is 6.20 Å². The Hall–Kier alpha value is -1.78. The molecule has 1 unspecified atom stereocenters. The van der Waals surface area contributed by atoms with Crippen LogP contribution in [-0.2, 0) is 9.53 Å². The van der Waals surface area contributed by atoms with E-state index in [-0.39, 0.29) is 18.1 Å². The van der Waals surface area contributed by atoms with Crippen molar-refractivity contribution in [1.29, 1.82) is 0 Å². The molecular weight excluding hydrogens is 232 g/mol. The minimum Gasteiger partial charge on any atom is -0.473 e. The van der Waals surface area contributed by atoms with Gasteiger partial charge in [0.15, 0.2) is 0 Å². The number of aromatic nitrogens is 1. The Morgan fingerprint density at radius 2 is 2.17 bits per heavy atom. The summed E-state index contributed by atoms with van der Waals surface area (Å²) in [5, 5.41) is 3.19. The van der Waals surface area contributed by atoms with E-state index >= 15 is 0 Å². The fourth-order valence-electron chi connectivity index (χ4n) is 1.47. The molecule has 1 aromatic heterocycles. The zero-order valence-electron chi connectivity index (χ0n) is 11.3. The lowest BCUT2D eigenvalue weighted by Gasteiger charge is -2.17. The summed E-state index contributed by atoms with van der Waals surface area (Å²) < 4.78 is 10.2. The van der Waals surface area contributed by atoms with E-state index in [1.807, 2.05) is 32.9 Å². The molecule has 0 amide bonds. The van der Waals surface area contributed by atoms with Gasteiger partial charge in [-0.05, 0) is 32.9 Å². The standard InChI is InChI=1S/C13H20N2O3/c1-9(2)18-13-11(6-5-7-14-13)15-10(3)8-12(16)17-4/h5-7,9-10,15H,8H2,1-4H3. The van der Waals surface area contributed by atoms with Crippen molar-refractivity contribution in [2.45, 2.75) is 39.3 Å². The van der Waals surface area contributed by atoms with Crippen LogP contribution < -0.4 is 10.1 Å². The Morgan fingerprint density at radius 1 is 1.44 bits per heavy atom. The molecule has 1 N–H and O–H groups in total. The van der Waals surface area contributed by atoms with Crippen molar-refractivity contribution in [3.63, 3.8) is 0 Å². The van der Waals surface area contributed by atoms with Crippen molar-refractivity contribution in [2.24, 2.45) is 0 Å². The first-order valence-corrected chi connectivity index (χ1v) is 5.98. The van der Waals surface area contributed by atoms with Crippen LogP contribution in [0.3, 0.4) is 0 Å². The van der Waals surface area contributed by atoms with Crippen LogP contribution in [0.5, 0.6) is 5.88 Å². The van der Waals surface area contributed by atoms with Crippen LogP contribution in [-0.4, -0.2) is 30.2 Å². The van der Waals surface area contributed by atoms with Crippen molar-refractivity contribution >= 4 is 11.7 Å². The summed E-state index contributed by atoms with van der Waals surface area (Å²) in [4.78, 5) is 15.3. The van der Waals surface area contributed by atoms with Gasteiger partial charge in [0.25, 0.3) is 0 Å². The molecular formula is C13H20N2O3. The Morgan fingerprint density at radius 3 is 2.78 bits per heavy atom. The summed E-state index contributed by atoms with van der Waals surface area (Å²) in [7, 11) is 1.38. The number of carbonyl (C=O) groups is 1. The number of pyridine rings is 1. The molecule has 0 saturated heterocycles. The average Bonchev–Trinajstić information content (AvgIpc) is 2.30.